The lowest BCUT2D eigenvalue weighted by Crippen LogP contribution is -2.34. The molecule has 0 aliphatic heterocycles. The van der Waals surface area contributed by atoms with Gasteiger partial charge in [0.2, 0.25) is 5.88 Å². The van der Waals surface area contributed by atoms with Gasteiger partial charge in [-0.3, -0.25) is 4.90 Å². The minimum Gasteiger partial charge on any atom is -0.468 e. The molecule has 2 aromatic carbocycles. The average molecular weight is 492 g/mol. The van der Waals surface area contributed by atoms with Crippen LogP contribution in [-0.2, 0) is 24.9 Å². The third-order valence-electron chi connectivity index (χ3n) is 5.53. The number of halogens is 1. The second-order valence-corrected chi connectivity index (χ2v) is 8.38. The summed E-state index contributed by atoms with van der Waals surface area (Å²) in [4.78, 5) is 2.03. The molecule has 2 aromatic heterocycles. The van der Waals surface area contributed by atoms with Gasteiger partial charge in [-0.05, 0) is 24.3 Å². The number of ether oxygens (including phenoxy) is 2. The quantitative estimate of drug-likeness (QED) is 0.205. The van der Waals surface area contributed by atoms with Crippen molar-refractivity contribution < 1.29 is 23.4 Å². The number of nitrogens with zero attached hydrogens (tertiary/aromatic N) is 3. The number of hydrogen-bond donors (Lipinski definition) is 1. The zero-order valence-electron chi connectivity index (χ0n) is 20.2. The van der Waals surface area contributed by atoms with E-state index in [9.17, 15) is 9.50 Å². The molecule has 0 unspecified atom stereocenters. The first kappa shape index (κ1) is 25.4. The molecule has 4 aromatic rings. The maximum absolute atomic E-state index is 14.5. The molecule has 188 valence electrons. The van der Waals surface area contributed by atoms with Crippen LogP contribution in [-0.4, -0.2) is 45.6 Å². The van der Waals surface area contributed by atoms with Crippen LogP contribution in [0.25, 0.3) is 11.3 Å². The standard InChI is InChI=1S/C28H30FN3O4/c1-3-15-34-20-22(33)17-32(18-23-12-9-16-35-23)19-24-27(21-10-5-4-6-11-21)30-31(2)28(24)36-26-14-8-7-13-25(26)29/h3-14,16,22,33H,1,15,17-20H2,2H3/t22-/m0/s1. The Morgan fingerprint density at radius 2 is 1.89 bits per heavy atom. The zero-order valence-corrected chi connectivity index (χ0v) is 20.2. The Bertz CT molecular complexity index is 1240. The van der Waals surface area contributed by atoms with Crippen LogP contribution in [0.3, 0.4) is 0 Å². The molecule has 0 aliphatic carbocycles. The van der Waals surface area contributed by atoms with E-state index >= 15 is 0 Å². The smallest absolute Gasteiger partial charge is 0.222 e. The normalized spacial score (nSPS) is 12.1. The van der Waals surface area contributed by atoms with Gasteiger partial charge in [0.25, 0.3) is 0 Å². The van der Waals surface area contributed by atoms with Crippen molar-refractivity contribution in [3.8, 4) is 22.9 Å². The SMILES string of the molecule is C=CCOC[C@@H](O)CN(Cc1ccco1)Cc1c(-c2ccccc2)nn(C)c1Oc1ccccc1F. The summed E-state index contributed by atoms with van der Waals surface area (Å²) >= 11 is 0. The molecule has 0 saturated carbocycles. The van der Waals surface area contributed by atoms with E-state index in [2.05, 4.69) is 6.58 Å². The van der Waals surface area contributed by atoms with Gasteiger partial charge in [0, 0.05) is 25.7 Å². The summed E-state index contributed by atoms with van der Waals surface area (Å²) in [5, 5.41) is 15.4. The molecule has 0 fully saturated rings. The van der Waals surface area contributed by atoms with E-state index in [1.54, 1.807) is 42.3 Å². The Hall–Kier alpha value is -3.72. The summed E-state index contributed by atoms with van der Waals surface area (Å²) in [6.45, 7) is 5.26. The molecule has 8 heteroatoms. The summed E-state index contributed by atoms with van der Waals surface area (Å²) in [6.07, 6.45) is 2.51. The number of hydrogen-bond acceptors (Lipinski definition) is 6. The van der Waals surface area contributed by atoms with Gasteiger partial charge in [-0.1, -0.05) is 48.5 Å². The van der Waals surface area contributed by atoms with Crippen LogP contribution >= 0.6 is 0 Å². The van der Waals surface area contributed by atoms with E-state index in [0.717, 1.165) is 16.9 Å². The fraction of sp³-hybridized carbons (Fsp3) is 0.250. The maximum Gasteiger partial charge on any atom is 0.222 e. The zero-order chi connectivity index (χ0) is 25.3. The highest BCUT2D eigenvalue weighted by atomic mass is 19.1. The van der Waals surface area contributed by atoms with Crippen LogP contribution in [0.1, 0.15) is 11.3 Å². The first-order valence-electron chi connectivity index (χ1n) is 11.7. The lowest BCUT2D eigenvalue weighted by molar-refractivity contribution is 0.0215. The van der Waals surface area contributed by atoms with Gasteiger partial charge in [0.15, 0.2) is 11.6 Å². The van der Waals surface area contributed by atoms with Crippen LogP contribution in [0.4, 0.5) is 4.39 Å². The highest BCUT2D eigenvalue weighted by molar-refractivity contribution is 5.65. The number of aryl methyl sites for hydroxylation is 1. The molecular weight excluding hydrogens is 461 g/mol. The van der Waals surface area contributed by atoms with Crippen LogP contribution in [0.15, 0.2) is 90.1 Å². The van der Waals surface area contributed by atoms with Gasteiger partial charge in [-0.15, -0.1) is 6.58 Å². The van der Waals surface area contributed by atoms with Crippen molar-refractivity contribution in [3.05, 3.63) is 103 Å². The van der Waals surface area contributed by atoms with E-state index in [0.29, 0.717) is 37.8 Å². The average Bonchev–Trinajstić information content (AvgIpc) is 3.49. The Balaban J connectivity index is 1.69. The van der Waals surface area contributed by atoms with Crippen molar-refractivity contribution in [2.24, 2.45) is 7.05 Å². The van der Waals surface area contributed by atoms with Gasteiger partial charge in [-0.2, -0.15) is 5.10 Å². The molecule has 7 nitrogen and oxygen atoms in total. The number of furan rings is 1. The predicted molar refractivity (Wildman–Crippen MR) is 135 cm³/mol. The van der Waals surface area contributed by atoms with Gasteiger partial charge in [0.05, 0.1) is 37.7 Å². The number of benzene rings is 2. The molecule has 2 heterocycles. The first-order chi connectivity index (χ1) is 17.5. The fourth-order valence-corrected chi connectivity index (χ4v) is 3.95. The largest absolute Gasteiger partial charge is 0.468 e. The monoisotopic (exact) mass is 491 g/mol. The summed E-state index contributed by atoms with van der Waals surface area (Å²) in [7, 11) is 1.76. The van der Waals surface area contributed by atoms with E-state index in [1.165, 1.54) is 6.07 Å². The second-order valence-electron chi connectivity index (χ2n) is 8.38. The summed E-state index contributed by atoms with van der Waals surface area (Å²) < 4.78 is 33.2. The van der Waals surface area contributed by atoms with Crippen LogP contribution in [0, 0.1) is 5.82 Å². The Kier molecular flexibility index (Phi) is 8.67. The number of aliphatic hydroxyl groups excluding tert-OH is 1. The molecule has 0 bridgehead atoms. The van der Waals surface area contributed by atoms with Crippen molar-refractivity contribution in [1.29, 1.82) is 0 Å². The van der Waals surface area contributed by atoms with Crippen molar-refractivity contribution in [3.63, 3.8) is 0 Å². The Morgan fingerprint density at radius 3 is 2.61 bits per heavy atom. The topological polar surface area (TPSA) is 72.9 Å². The van der Waals surface area contributed by atoms with E-state index in [1.807, 2.05) is 47.4 Å². The lowest BCUT2D eigenvalue weighted by Gasteiger charge is -2.25. The summed E-state index contributed by atoms with van der Waals surface area (Å²) in [5.74, 6) is 0.807. The third kappa shape index (κ3) is 6.48. The predicted octanol–water partition coefficient (Wildman–Crippen LogP) is 5.18. The third-order valence-corrected chi connectivity index (χ3v) is 5.53. The van der Waals surface area contributed by atoms with Crippen LogP contribution in [0.5, 0.6) is 11.6 Å². The summed E-state index contributed by atoms with van der Waals surface area (Å²) in [6, 6.07) is 19.7. The summed E-state index contributed by atoms with van der Waals surface area (Å²) in [5.41, 5.74) is 2.38. The second kappa shape index (κ2) is 12.3. The first-order valence-corrected chi connectivity index (χ1v) is 11.7. The van der Waals surface area contributed by atoms with Gasteiger partial charge in [-0.25, -0.2) is 9.07 Å². The highest BCUT2D eigenvalue weighted by Gasteiger charge is 2.24. The van der Waals surface area contributed by atoms with Gasteiger partial charge < -0.3 is 19.0 Å². The lowest BCUT2D eigenvalue weighted by atomic mass is 10.1. The highest BCUT2D eigenvalue weighted by Crippen LogP contribution is 2.35. The van der Waals surface area contributed by atoms with E-state index < -0.39 is 11.9 Å². The molecule has 36 heavy (non-hydrogen) atoms. The number of rotatable bonds is 13. The minimum atomic E-state index is -0.743. The van der Waals surface area contributed by atoms with Crippen molar-refractivity contribution in [2.75, 3.05) is 19.8 Å². The van der Waals surface area contributed by atoms with Crippen LogP contribution in [0.2, 0.25) is 0 Å². The fourth-order valence-electron chi connectivity index (χ4n) is 3.95. The van der Waals surface area contributed by atoms with Gasteiger partial charge in [0.1, 0.15) is 11.5 Å². The van der Waals surface area contributed by atoms with Crippen molar-refractivity contribution in [1.82, 2.24) is 14.7 Å². The molecule has 0 spiro atoms. The minimum absolute atomic E-state index is 0.108. The van der Waals surface area contributed by atoms with E-state index in [4.69, 9.17) is 19.0 Å². The Labute approximate surface area is 210 Å². The molecule has 1 N–H and O–H groups in total. The molecule has 0 amide bonds. The van der Waals surface area contributed by atoms with Crippen molar-refractivity contribution >= 4 is 0 Å². The molecular formula is C28H30FN3O4. The molecule has 0 aliphatic rings. The number of aliphatic hydroxyl groups is 1. The van der Waals surface area contributed by atoms with Gasteiger partial charge >= 0.3 is 0 Å². The van der Waals surface area contributed by atoms with Crippen molar-refractivity contribution in [2.45, 2.75) is 19.2 Å². The van der Waals surface area contributed by atoms with E-state index in [-0.39, 0.29) is 12.4 Å². The molecule has 1 atom stereocenters. The maximum atomic E-state index is 14.5. The Morgan fingerprint density at radius 1 is 1.11 bits per heavy atom. The molecule has 0 saturated heterocycles. The van der Waals surface area contributed by atoms with Crippen LogP contribution < -0.4 is 4.74 Å². The molecule has 0 radical (unpaired) electrons. The number of para-hydroxylation sites is 1. The molecule has 4 rings (SSSR count). The number of aromatic nitrogens is 2.